The van der Waals surface area contributed by atoms with Crippen LogP contribution in [0.15, 0.2) is 12.3 Å². The van der Waals surface area contributed by atoms with E-state index in [0.29, 0.717) is 12.0 Å². The first kappa shape index (κ1) is 11.2. The van der Waals surface area contributed by atoms with Crippen LogP contribution >= 0.6 is 0 Å². The van der Waals surface area contributed by atoms with Crippen molar-refractivity contribution in [3.8, 4) is 0 Å². The zero-order chi connectivity index (χ0) is 10.6. The minimum absolute atomic E-state index is 0.385. The van der Waals surface area contributed by atoms with Gasteiger partial charge in [0.25, 0.3) is 0 Å². The van der Waals surface area contributed by atoms with Crippen LogP contribution in [0, 0.1) is 5.92 Å². The average Bonchev–Trinajstić information content (AvgIpc) is 2.52. The third-order valence-electron chi connectivity index (χ3n) is 2.33. The van der Waals surface area contributed by atoms with Crippen LogP contribution in [-0.2, 0) is 7.05 Å². The molecule has 1 atom stereocenters. The molecule has 0 radical (unpaired) electrons. The Kier molecular flexibility index (Phi) is 4.14. The van der Waals surface area contributed by atoms with E-state index >= 15 is 0 Å². The molecule has 1 aromatic rings. The van der Waals surface area contributed by atoms with Crippen molar-refractivity contribution in [2.45, 2.75) is 33.2 Å². The lowest BCUT2D eigenvalue weighted by Gasteiger charge is -2.20. The second-order valence-corrected chi connectivity index (χ2v) is 4.09. The Hall–Kier alpha value is -0.830. The van der Waals surface area contributed by atoms with Crippen molar-refractivity contribution in [1.82, 2.24) is 15.1 Å². The highest BCUT2D eigenvalue weighted by molar-refractivity contribution is 5.06. The van der Waals surface area contributed by atoms with E-state index in [2.05, 4.69) is 37.3 Å². The molecule has 0 amide bonds. The maximum absolute atomic E-state index is 4.44. The fraction of sp³-hybridized carbons (Fsp3) is 0.727. The molecule has 0 aliphatic heterocycles. The van der Waals surface area contributed by atoms with Crippen molar-refractivity contribution < 1.29 is 0 Å². The Morgan fingerprint density at radius 1 is 1.50 bits per heavy atom. The summed E-state index contributed by atoms with van der Waals surface area (Å²) in [7, 11) is 1.96. The number of hydrogen-bond donors (Lipinski definition) is 1. The molecule has 0 saturated carbocycles. The molecule has 0 bridgehead atoms. The molecule has 1 heterocycles. The monoisotopic (exact) mass is 195 g/mol. The molecule has 1 unspecified atom stereocenters. The molecule has 0 fully saturated rings. The normalized spacial score (nSPS) is 13.5. The number of aryl methyl sites for hydroxylation is 1. The van der Waals surface area contributed by atoms with E-state index in [4.69, 9.17) is 0 Å². The molecular formula is C11H21N3. The predicted molar refractivity (Wildman–Crippen MR) is 59.1 cm³/mol. The topological polar surface area (TPSA) is 29.9 Å². The number of nitrogens with zero attached hydrogens (tertiary/aromatic N) is 2. The second kappa shape index (κ2) is 5.15. The van der Waals surface area contributed by atoms with Gasteiger partial charge >= 0.3 is 0 Å². The lowest BCUT2D eigenvalue weighted by Crippen LogP contribution is -2.26. The Labute approximate surface area is 86.5 Å². The van der Waals surface area contributed by atoms with Crippen molar-refractivity contribution in [1.29, 1.82) is 0 Å². The highest BCUT2D eigenvalue weighted by Gasteiger charge is 2.16. The number of aromatic nitrogens is 2. The molecule has 0 saturated heterocycles. The van der Waals surface area contributed by atoms with Crippen molar-refractivity contribution in [2.75, 3.05) is 6.54 Å². The van der Waals surface area contributed by atoms with Crippen LogP contribution in [0.4, 0.5) is 0 Å². The van der Waals surface area contributed by atoms with Crippen LogP contribution in [0.3, 0.4) is 0 Å². The van der Waals surface area contributed by atoms with Crippen molar-refractivity contribution in [2.24, 2.45) is 13.0 Å². The third-order valence-corrected chi connectivity index (χ3v) is 2.33. The van der Waals surface area contributed by atoms with Crippen LogP contribution in [0.25, 0.3) is 0 Å². The van der Waals surface area contributed by atoms with Gasteiger partial charge < -0.3 is 5.32 Å². The fourth-order valence-corrected chi connectivity index (χ4v) is 1.58. The van der Waals surface area contributed by atoms with E-state index in [1.807, 2.05) is 17.9 Å². The molecule has 0 aliphatic carbocycles. The van der Waals surface area contributed by atoms with E-state index in [9.17, 15) is 0 Å². The van der Waals surface area contributed by atoms with Crippen molar-refractivity contribution >= 4 is 0 Å². The van der Waals surface area contributed by atoms with E-state index in [1.165, 1.54) is 0 Å². The van der Waals surface area contributed by atoms with Gasteiger partial charge in [-0.3, -0.25) is 4.68 Å². The zero-order valence-corrected chi connectivity index (χ0v) is 9.62. The van der Waals surface area contributed by atoms with Gasteiger partial charge in [-0.2, -0.15) is 5.10 Å². The zero-order valence-electron chi connectivity index (χ0n) is 9.62. The Balaban J connectivity index is 2.67. The summed E-state index contributed by atoms with van der Waals surface area (Å²) in [5.74, 6) is 0.580. The van der Waals surface area contributed by atoms with E-state index in [-0.39, 0.29) is 0 Å². The standard InChI is InChI=1S/C11H21N3/c1-5-7-12-11(9(2)3)10-6-8-14(4)13-10/h6,8-9,11-12H,5,7H2,1-4H3. The minimum Gasteiger partial charge on any atom is -0.308 e. The first-order valence-corrected chi connectivity index (χ1v) is 5.38. The van der Waals surface area contributed by atoms with Gasteiger partial charge in [0.2, 0.25) is 0 Å². The molecular weight excluding hydrogens is 174 g/mol. The molecule has 1 rings (SSSR count). The van der Waals surface area contributed by atoms with Gasteiger partial charge in [0.15, 0.2) is 0 Å². The van der Waals surface area contributed by atoms with E-state index in [0.717, 1.165) is 18.7 Å². The van der Waals surface area contributed by atoms with Gasteiger partial charge in [-0.15, -0.1) is 0 Å². The van der Waals surface area contributed by atoms with Gasteiger partial charge in [0.05, 0.1) is 11.7 Å². The number of hydrogen-bond acceptors (Lipinski definition) is 2. The fourth-order valence-electron chi connectivity index (χ4n) is 1.58. The third kappa shape index (κ3) is 2.84. The first-order chi connectivity index (χ1) is 6.65. The highest BCUT2D eigenvalue weighted by atomic mass is 15.3. The minimum atomic E-state index is 0.385. The van der Waals surface area contributed by atoms with Gasteiger partial charge in [0, 0.05) is 13.2 Å². The van der Waals surface area contributed by atoms with Gasteiger partial charge in [-0.1, -0.05) is 20.8 Å². The second-order valence-electron chi connectivity index (χ2n) is 4.09. The molecule has 14 heavy (non-hydrogen) atoms. The van der Waals surface area contributed by atoms with Crippen LogP contribution in [0.5, 0.6) is 0 Å². The molecule has 1 aromatic heterocycles. The largest absolute Gasteiger partial charge is 0.308 e. The Bertz CT molecular complexity index is 265. The van der Waals surface area contributed by atoms with E-state index < -0.39 is 0 Å². The van der Waals surface area contributed by atoms with Crippen LogP contribution in [0.2, 0.25) is 0 Å². The summed E-state index contributed by atoms with van der Waals surface area (Å²) in [6.07, 6.45) is 3.16. The molecule has 0 aromatic carbocycles. The molecule has 3 heteroatoms. The summed E-state index contributed by atoms with van der Waals surface area (Å²) in [5, 5.41) is 7.96. The van der Waals surface area contributed by atoms with Gasteiger partial charge in [0.1, 0.15) is 0 Å². The van der Waals surface area contributed by atoms with Crippen LogP contribution in [0.1, 0.15) is 38.9 Å². The predicted octanol–water partition coefficient (Wildman–Crippen LogP) is 2.12. The summed E-state index contributed by atoms with van der Waals surface area (Å²) in [6, 6.07) is 2.48. The quantitative estimate of drug-likeness (QED) is 0.780. The summed E-state index contributed by atoms with van der Waals surface area (Å²) >= 11 is 0. The summed E-state index contributed by atoms with van der Waals surface area (Å²) in [6.45, 7) is 7.69. The first-order valence-electron chi connectivity index (χ1n) is 5.38. The molecule has 0 aliphatic rings. The Morgan fingerprint density at radius 3 is 2.64 bits per heavy atom. The lowest BCUT2D eigenvalue weighted by molar-refractivity contribution is 0.401. The average molecular weight is 195 g/mol. The SMILES string of the molecule is CCCNC(c1ccn(C)n1)C(C)C. The van der Waals surface area contributed by atoms with Gasteiger partial charge in [-0.05, 0) is 24.9 Å². The van der Waals surface area contributed by atoms with Crippen LogP contribution in [-0.4, -0.2) is 16.3 Å². The molecule has 0 spiro atoms. The Morgan fingerprint density at radius 2 is 2.21 bits per heavy atom. The summed E-state index contributed by atoms with van der Waals surface area (Å²) in [5.41, 5.74) is 1.15. The number of rotatable bonds is 5. The maximum Gasteiger partial charge on any atom is 0.0796 e. The summed E-state index contributed by atoms with van der Waals surface area (Å²) < 4.78 is 1.86. The lowest BCUT2D eigenvalue weighted by atomic mass is 10.0. The van der Waals surface area contributed by atoms with Crippen molar-refractivity contribution in [3.63, 3.8) is 0 Å². The van der Waals surface area contributed by atoms with Gasteiger partial charge in [-0.25, -0.2) is 0 Å². The maximum atomic E-state index is 4.44. The van der Waals surface area contributed by atoms with E-state index in [1.54, 1.807) is 0 Å². The number of nitrogens with one attached hydrogen (secondary N) is 1. The van der Waals surface area contributed by atoms with Crippen molar-refractivity contribution in [3.05, 3.63) is 18.0 Å². The van der Waals surface area contributed by atoms with Crippen LogP contribution < -0.4 is 5.32 Å². The molecule has 1 N–H and O–H groups in total. The molecule has 80 valence electrons. The molecule has 3 nitrogen and oxygen atoms in total. The smallest absolute Gasteiger partial charge is 0.0796 e. The summed E-state index contributed by atoms with van der Waals surface area (Å²) in [4.78, 5) is 0. The highest BCUT2D eigenvalue weighted by Crippen LogP contribution is 2.19.